The zero-order chi connectivity index (χ0) is 12.3. The van der Waals surface area contributed by atoms with Crippen LogP contribution in [0.15, 0.2) is 24.3 Å². The summed E-state index contributed by atoms with van der Waals surface area (Å²) in [6.45, 7) is 1.27. The van der Waals surface area contributed by atoms with Gasteiger partial charge >= 0.3 is 0 Å². The lowest BCUT2D eigenvalue weighted by molar-refractivity contribution is -0.531. The number of aliphatic hydroxyl groups is 1. The van der Waals surface area contributed by atoms with Crippen LogP contribution in [-0.2, 0) is 0 Å². The van der Waals surface area contributed by atoms with E-state index in [4.69, 9.17) is 0 Å². The molecule has 1 aromatic carbocycles. The highest BCUT2D eigenvalue weighted by Crippen LogP contribution is 2.21. The number of rotatable bonds is 4. The Kier molecular flexibility index (Phi) is 3.51. The van der Waals surface area contributed by atoms with Gasteiger partial charge in [-0.15, -0.1) is 0 Å². The second-order valence-electron chi connectivity index (χ2n) is 3.32. The van der Waals surface area contributed by atoms with Gasteiger partial charge in [-0.3, -0.25) is 20.2 Å². The van der Waals surface area contributed by atoms with E-state index in [9.17, 15) is 25.3 Å². The molecule has 16 heavy (non-hydrogen) atoms. The van der Waals surface area contributed by atoms with Crippen LogP contribution in [-0.4, -0.2) is 21.0 Å². The van der Waals surface area contributed by atoms with E-state index in [2.05, 4.69) is 0 Å². The molecule has 7 nitrogen and oxygen atoms in total. The molecule has 1 aromatic rings. The van der Waals surface area contributed by atoms with Crippen molar-refractivity contribution in [3.8, 4) is 0 Å². The van der Waals surface area contributed by atoms with E-state index in [0.29, 0.717) is 0 Å². The lowest BCUT2D eigenvalue weighted by Crippen LogP contribution is -2.23. The zero-order valence-electron chi connectivity index (χ0n) is 8.44. The van der Waals surface area contributed by atoms with E-state index in [1.165, 1.54) is 31.2 Å². The molecule has 0 radical (unpaired) electrons. The Hall–Kier alpha value is -2.02. The smallest absolute Gasteiger partial charge is 0.269 e. The van der Waals surface area contributed by atoms with Crippen molar-refractivity contribution in [3.63, 3.8) is 0 Å². The van der Waals surface area contributed by atoms with Crippen molar-refractivity contribution in [2.24, 2.45) is 0 Å². The Morgan fingerprint density at radius 1 is 1.19 bits per heavy atom. The molecule has 0 amide bonds. The summed E-state index contributed by atoms with van der Waals surface area (Å²) < 4.78 is 0. The average Bonchev–Trinajstić information content (AvgIpc) is 2.27. The van der Waals surface area contributed by atoms with Gasteiger partial charge in [0.2, 0.25) is 6.04 Å². The Balaban J connectivity index is 2.89. The molecule has 0 saturated carbocycles. The molecule has 0 bridgehead atoms. The molecule has 0 aliphatic heterocycles. The Morgan fingerprint density at radius 2 is 1.69 bits per heavy atom. The minimum Gasteiger partial charge on any atom is -0.381 e. The van der Waals surface area contributed by atoms with Crippen molar-refractivity contribution in [2.45, 2.75) is 19.1 Å². The molecule has 0 aliphatic rings. The van der Waals surface area contributed by atoms with Crippen molar-refractivity contribution >= 4 is 5.69 Å². The predicted octanol–water partition coefficient (Wildman–Crippen LogP) is 1.29. The summed E-state index contributed by atoms with van der Waals surface area (Å²) in [5.74, 6) is 0. The molecule has 0 spiro atoms. The topological polar surface area (TPSA) is 107 Å². The highest BCUT2D eigenvalue weighted by molar-refractivity contribution is 5.33. The fourth-order valence-electron chi connectivity index (χ4n) is 1.19. The third-order valence-corrected chi connectivity index (χ3v) is 2.23. The van der Waals surface area contributed by atoms with Crippen molar-refractivity contribution in [1.29, 1.82) is 0 Å². The first-order chi connectivity index (χ1) is 7.43. The zero-order valence-corrected chi connectivity index (χ0v) is 8.44. The molecule has 0 aromatic heterocycles. The maximum Gasteiger partial charge on any atom is 0.269 e. The van der Waals surface area contributed by atoms with E-state index in [0.717, 1.165) is 0 Å². The monoisotopic (exact) mass is 226 g/mol. The van der Waals surface area contributed by atoms with Crippen LogP contribution in [0.5, 0.6) is 0 Å². The lowest BCUT2D eigenvalue weighted by atomic mass is 10.0. The van der Waals surface area contributed by atoms with E-state index in [1.54, 1.807) is 0 Å². The normalized spacial score (nSPS) is 14.1. The van der Waals surface area contributed by atoms with E-state index in [-0.39, 0.29) is 11.3 Å². The lowest BCUT2D eigenvalue weighted by Gasteiger charge is -2.11. The van der Waals surface area contributed by atoms with Crippen LogP contribution in [0.2, 0.25) is 0 Å². The van der Waals surface area contributed by atoms with Gasteiger partial charge < -0.3 is 5.11 Å². The van der Waals surface area contributed by atoms with Gasteiger partial charge in [-0.05, 0) is 17.7 Å². The first-order valence-corrected chi connectivity index (χ1v) is 4.49. The number of aliphatic hydroxyl groups excluding tert-OH is 1. The summed E-state index contributed by atoms with van der Waals surface area (Å²) in [6, 6.07) is 3.86. The van der Waals surface area contributed by atoms with Crippen molar-refractivity contribution < 1.29 is 15.0 Å². The van der Waals surface area contributed by atoms with Crippen molar-refractivity contribution in [2.75, 3.05) is 0 Å². The van der Waals surface area contributed by atoms with Gasteiger partial charge in [0.1, 0.15) is 6.10 Å². The van der Waals surface area contributed by atoms with Crippen molar-refractivity contribution in [3.05, 3.63) is 50.1 Å². The molecule has 2 atom stereocenters. The number of nitro benzene ring substituents is 1. The number of hydrogen-bond donors (Lipinski definition) is 1. The molecule has 0 saturated heterocycles. The van der Waals surface area contributed by atoms with Gasteiger partial charge in [-0.25, -0.2) is 0 Å². The second-order valence-corrected chi connectivity index (χ2v) is 3.32. The van der Waals surface area contributed by atoms with E-state index < -0.39 is 22.0 Å². The summed E-state index contributed by atoms with van der Waals surface area (Å²) in [5.41, 5.74) is 0.166. The standard InChI is InChI=1S/C9H10N2O5/c1-6(10(13)14)9(12)7-2-4-8(5-3-7)11(15)16/h2-6,9,12H,1H3/t6-,9+/m0/s1. The van der Waals surface area contributed by atoms with Gasteiger partial charge in [0.25, 0.3) is 5.69 Å². The molecule has 0 fully saturated rings. The highest BCUT2D eigenvalue weighted by atomic mass is 16.6. The fourth-order valence-corrected chi connectivity index (χ4v) is 1.19. The molecule has 7 heteroatoms. The van der Waals surface area contributed by atoms with Gasteiger partial charge in [0, 0.05) is 24.0 Å². The predicted molar refractivity (Wildman–Crippen MR) is 54.5 cm³/mol. The quantitative estimate of drug-likeness (QED) is 0.614. The summed E-state index contributed by atoms with van der Waals surface area (Å²) >= 11 is 0. The number of benzene rings is 1. The van der Waals surface area contributed by atoms with Crippen LogP contribution in [0, 0.1) is 20.2 Å². The molecule has 1 N–H and O–H groups in total. The maximum absolute atomic E-state index is 10.4. The molecule has 1 rings (SSSR count). The first kappa shape index (κ1) is 12.1. The first-order valence-electron chi connectivity index (χ1n) is 4.49. The fraction of sp³-hybridized carbons (Fsp3) is 0.333. The van der Waals surface area contributed by atoms with Crippen LogP contribution >= 0.6 is 0 Å². The van der Waals surface area contributed by atoms with E-state index >= 15 is 0 Å². The van der Waals surface area contributed by atoms with E-state index in [1.807, 2.05) is 0 Å². The van der Waals surface area contributed by atoms with Gasteiger partial charge in [0.05, 0.1) is 4.92 Å². The number of nitrogens with zero attached hydrogens (tertiary/aromatic N) is 2. The van der Waals surface area contributed by atoms with Crippen LogP contribution < -0.4 is 0 Å². The molecular weight excluding hydrogens is 216 g/mol. The number of nitro groups is 2. The summed E-state index contributed by atoms with van der Waals surface area (Å²) in [4.78, 5) is 19.6. The molecule has 0 unspecified atom stereocenters. The Morgan fingerprint density at radius 3 is 2.06 bits per heavy atom. The Bertz CT molecular complexity index is 403. The minimum atomic E-state index is -1.27. The third kappa shape index (κ3) is 2.51. The third-order valence-electron chi connectivity index (χ3n) is 2.23. The summed E-state index contributed by atoms with van der Waals surface area (Å²) in [6.07, 6.45) is -1.27. The van der Waals surface area contributed by atoms with Crippen LogP contribution in [0.1, 0.15) is 18.6 Å². The summed E-state index contributed by atoms with van der Waals surface area (Å²) in [7, 11) is 0. The average molecular weight is 226 g/mol. The Labute approximate surface area is 90.6 Å². The van der Waals surface area contributed by atoms with Gasteiger partial charge in [-0.1, -0.05) is 0 Å². The summed E-state index contributed by atoms with van der Waals surface area (Å²) in [5, 5.41) is 30.4. The molecule has 0 aliphatic carbocycles. The number of non-ortho nitro benzene ring substituents is 1. The van der Waals surface area contributed by atoms with Crippen LogP contribution in [0.3, 0.4) is 0 Å². The second kappa shape index (κ2) is 4.67. The number of hydrogen-bond acceptors (Lipinski definition) is 5. The van der Waals surface area contributed by atoms with Gasteiger partial charge in [-0.2, -0.15) is 0 Å². The molecule has 86 valence electrons. The van der Waals surface area contributed by atoms with Crippen molar-refractivity contribution in [1.82, 2.24) is 0 Å². The van der Waals surface area contributed by atoms with Crippen LogP contribution in [0.4, 0.5) is 5.69 Å². The highest BCUT2D eigenvalue weighted by Gasteiger charge is 2.25. The minimum absolute atomic E-state index is 0.121. The maximum atomic E-state index is 10.4. The largest absolute Gasteiger partial charge is 0.381 e. The SMILES string of the molecule is C[C@@H]([C@@H](O)c1ccc([N+](=O)[O-])cc1)[N+](=O)[O-]. The molecule has 0 heterocycles. The van der Waals surface area contributed by atoms with Crippen LogP contribution in [0.25, 0.3) is 0 Å². The van der Waals surface area contributed by atoms with Gasteiger partial charge in [0.15, 0.2) is 0 Å². The molecular formula is C9H10N2O5.